The lowest BCUT2D eigenvalue weighted by Crippen LogP contribution is -2.43. The fraction of sp³-hybridized carbons (Fsp3) is 0.316. The first-order valence-electron chi connectivity index (χ1n) is 8.37. The first kappa shape index (κ1) is 17.0. The Hall–Kier alpha value is -2.89. The van der Waals surface area contributed by atoms with Gasteiger partial charge in [0.15, 0.2) is 0 Å². The van der Waals surface area contributed by atoms with Gasteiger partial charge in [0.25, 0.3) is 11.8 Å². The van der Waals surface area contributed by atoms with Crippen LogP contribution in [-0.4, -0.2) is 41.3 Å². The zero-order valence-electron chi connectivity index (χ0n) is 14.5. The molecule has 0 radical (unpaired) electrons. The number of primary amides is 1. The van der Waals surface area contributed by atoms with Gasteiger partial charge in [-0.25, -0.2) is 0 Å². The number of aromatic nitrogens is 1. The fourth-order valence-corrected chi connectivity index (χ4v) is 3.26. The molecule has 1 aromatic carbocycles. The van der Waals surface area contributed by atoms with E-state index in [2.05, 4.69) is 36.0 Å². The predicted molar refractivity (Wildman–Crippen MR) is 96.4 cm³/mol. The molecule has 3 rings (SSSR count). The summed E-state index contributed by atoms with van der Waals surface area (Å²) < 4.78 is 0. The van der Waals surface area contributed by atoms with Gasteiger partial charge in [0.05, 0.1) is 5.56 Å². The van der Waals surface area contributed by atoms with E-state index in [1.807, 2.05) is 17.0 Å². The van der Waals surface area contributed by atoms with Gasteiger partial charge in [-0.05, 0) is 30.2 Å². The van der Waals surface area contributed by atoms with Gasteiger partial charge in [-0.1, -0.05) is 25.1 Å². The number of nitrogens with zero attached hydrogens (tertiary/aromatic N) is 3. The van der Waals surface area contributed by atoms with Crippen molar-refractivity contribution in [2.24, 2.45) is 5.73 Å². The molecule has 6 heteroatoms. The summed E-state index contributed by atoms with van der Waals surface area (Å²) in [5, 5.41) is 0. The monoisotopic (exact) mass is 338 g/mol. The topological polar surface area (TPSA) is 79.5 Å². The maximum atomic E-state index is 13.1. The lowest BCUT2D eigenvalue weighted by atomic mass is 10.1. The van der Waals surface area contributed by atoms with Crippen molar-refractivity contribution < 1.29 is 9.59 Å². The minimum absolute atomic E-state index is 0.0829. The second kappa shape index (κ2) is 6.93. The highest BCUT2D eigenvalue weighted by atomic mass is 16.2. The largest absolute Gasteiger partial charge is 0.372 e. The van der Waals surface area contributed by atoms with Crippen molar-refractivity contribution in [2.45, 2.75) is 25.9 Å². The number of fused-ring (bicyclic) bond motifs is 1. The SMILES string of the molecule is CCC1CN(C)c2ccccc2CN1C(=O)c1ccc(C(N)=O)nc1. The minimum Gasteiger partial charge on any atom is -0.372 e. The van der Waals surface area contributed by atoms with Gasteiger partial charge in [-0.3, -0.25) is 14.6 Å². The number of carbonyl (C=O) groups is 2. The minimum atomic E-state index is -0.601. The molecule has 0 bridgehead atoms. The number of nitrogens with two attached hydrogens (primary N) is 1. The van der Waals surface area contributed by atoms with Crippen molar-refractivity contribution in [1.82, 2.24) is 9.88 Å². The summed E-state index contributed by atoms with van der Waals surface area (Å²) in [6.07, 6.45) is 2.28. The van der Waals surface area contributed by atoms with E-state index in [4.69, 9.17) is 5.73 Å². The molecule has 1 unspecified atom stereocenters. The molecule has 1 atom stereocenters. The summed E-state index contributed by atoms with van der Waals surface area (Å²) >= 11 is 0. The molecule has 1 aliphatic heterocycles. The van der Waals surface area contributed by atoms with Crippen molar-refractivity contribution in [2.75, 3.05) is 18.5 Å². The van der Waals surface area contributed by atoms with E-state index in [-0.39, 0.29) is 17.6 Å². The normalized spacial score (nSPS) is 17.0. The number of amides is 2. The van der Waals surface area contributed by atoms with Crippen LogP contribution in [0.2, 0.25) is 0 Å². The van der Waals surface area contributed by atoms with Crippen LogP contribution in [0, 0.1) is 0 Å². The predicted octanol–water partition coefficient (Wildman–Crippen LogP) is 2.05. The molecule has 1 aliphatic rings. The van der Waals surface area contributed by atoms with Crippen LogP contribution in [0.4, 0.5) is 5.69 Å². The molecule has 0 spiro atoms. The summed E-state index contributed by atoms with van der Waals surface area (Å²) in [6, 6.07) is 11.3. The summed E-state index contributed by atoms with van der Waals surface area (Å²) in [7, 11) is 2.05. The van der Waals surface area contributed by atoms with Crippen LogP contribution in [0.25, 0.3) is 0 Å². The molecule has 2 aromatic rings. The molecule has 0 saturated carbocycles. The first-order chi connectivity index (χ1) is 12.0. The van der Waals surface area contributed by atoms with E-state index >= 15 is 0 Å². The van der Waals surface area contributed by atoms with Crippen LogP contribution in [0.5, 0.6) is 0 Å². The van der Waals surface area contributed by atoms with Gasteiger partial charge in [0.2, 0.25) is 0 Å². The van der Waals surface area contributed by atoms with Gasteiger partial charge < -0.3 is 15.5 Å². The van der Waals surface area contributed by atoms with Gasteiger partial charge in [0, 0.05) is 38.1 Å². The van der Waals surface area contributed by atoms with Crippen molar-refractivity contribution in [3.05, 3.63) is 59.4 Å². The van der Waals surface area contributed by atoms with Crippen LogP contribution < -0.4 is 10.6 Å². The van der Waals surface area contributed by atoms with Crippen LogP contribution in [-0.2, 0) is 6.54 Å². The summed E-state index contributed by atoms with van der Waals surface area (Å²) in [5.41, 5.74) is 8.11. The molecule has 2 amide bonds. The average Bonchev–Trinajstić information content (AvgIpc) is 2.78. The average molecular weight is 338 g/mol. The highest BCUT2D eigenvalue weighted by molar-refractivity contribution is 5.96. The second-order valence-corrected chi connectivity index (χ2v) is 6.30. The molecule has 0 fully saturated rings. The zero-order chi connectivity index (χ0) is 18.0. The van der Waals surface area contributed by atoms with Gasteiger partial charge in [-0.15, -0.1) is 0 Å². The molecule has 0 aliphatic carbocycles. The summed E-state index contributed by atoms with van der Waals surface area (Å²) in [4.78, 5) is 32.3. The number of carbonyl (C=O) groups excluding carboxylic acids is 2. The zero-order valence-corrected chi connectivity index (χ0v) is 14.5. The molecule has 0 saturated heterocycles. The number of anilines is 1. The third-order valence-electron chi connectivity index (χ3n) is 4.66. The van der Waals surface area contributed by atoms with E-state index in [9.17, 15) is 9.59 Å². The van der Waals surface area contributed by atoms with E-state index < -0.39 is 5.91 Å². The molecular formula is C19H22N4O2. The number of rotatable bonds is 3. The molecule has 2 heterocycles. The highest BCUT2D eigenvalue weighted by Crippen LogP contribution is 2.28. The Morgan fingerprint density at radius 1 is 1.24 bits per heavy atom. The number of para-hydroxylation sites is 1. The van der Waals surface area contributed by atoms with Crippen molar-refractivity contribution in [3.8, 4) is 0 Å². The molecule has 6 nitrogen and oxygen atoms in total. The van der Waals surface area contributed by atoms with Gasteiger partial charge in [0.1, 0.15) is 5.69 Å². The van der Waals surface area contributed by atoms with E-state index in [1.54, 1.807) is 6.07 Å². The molecule has 130 valence electrons. The Morgan fingerprint density at radius 2 is 2.00 bits per heavy atom. The van der Waals surface area contributed by atoms with Gasteiger partial charge >= 0.3 is 0 Å². The van der Waals surface area contributed by atoms with Crippen LogP contribution in [0.3, 0.4) is 0 Å². The summed E-state index contributed by atoms with van der Waals surface area (Å²) in [5.74, 6) is -0.684. The highest BCUT2D eigenvalue weighted by Gasteiger charge is 2.29. The van der Waals surface area contributed by atoms with Crippen molar-refractivity contribution in [1.29, 1.82) is 0 Å². The van der Waals surface area contributed by atoms with Crippen molar-refractivity contribution >= 4 is 17.5 Å². The molecule has 2 N–H and O–H groups in total. The fourth-order valence-electron chi connectivity index (χ4n) is 3.26. The number of hydrogen-bond acceptors (Lipinski definition) is 4. The Kier molecular flexibility index (Phi) is 4.70. The standard InChI is InChI=1S/C19H22N4O2/c1-3-15-12-22(2)17-7-5-4-6-14(17)11-23(15)19(25)13-8-9-16(18(20)24)21-10-13/h4-10,15H,3,11-12H2,1-2H3,(H2,20,24). The Morgan fingerprint density at radius 3 is 2.64 bits per heavy atom. The Bertz CT molecular complexity index is 788. The molecule has 25 heavy (non-hydrogen) atoms. The Balaban J connectivity index is 1.93. The van der Waals surface area contributed by atoms with Crippen LogP contribution >= 0.6 is 0 Å². The quantitative estimate of drug-likeness (QED) is 0.929. The maximum absolute atomic E-state index is 13.1. The number of benzene rings is 1. The van der Waals surface area contributed by atoms with Gasteiger partial charge in [-0.2, -0.15) is 0 Å². The third-order valence-corrected chi connectivity index (χ3v) is 4.66. The lowest BCUT2D eigenvalue weighted by molar-refractivity contribution is 0.0666. The molecular weight excluding hydrogens is 316 g/mol. The first-order valence-corrected chi connectivity index (χ1v) is 8.37. The van der Waals surface area contributed by atoms with E-state index in [0.29, 0.717) is 12.1 Å². The number of pyridine rings is 1. The smallest absolute Gasteiger partial charge is 0.267 e. The number of likely N-dealkylation sites (N-methyl/N-ethyl adjacent to an activating group) is 1. The van der Waals surface area contributed by atoms with Crippen LogP contribution in [0.15, 0.2) is 42.6 Å². The van der Waals surface area contributed by atoms with E-state index in [0.717, 1.165) is 24.2 Å². The summed E-state index contributed by atoms with van der Waals surface area (Å²) in [6.45, 7) is 3.41. The third kappa shape index (κ3) is 3.33. The second-order valence-electron chi connectivity index (χ2n) is 6.30. The Labute approximate surface area is 147 Å². The van der Waals surface area contributed by atoms with E-state index in [1.165, 1.54) is 12.3 Å². The van der Waals surface area contributed by atoms with Crippen LogP contribution in [0.1, 0.15) is 39.8 Å². The lowest BCUT2D eigenvalue weighted by Gasteiger charge is -2.30. The molecule has 1 aromatic heterocycles. The number of hydrogen-bond donors (Lipinski definition) is 1. The van der Waals surface area contributed by atoms with Crippen molar-refractivity contribution in [3.63, 3.8) is 0 Å². The maximum Gasteiger partial charge on any atom is 0.267 e.